The number of nitrogens with zero attached hydrogens (tertiary/aromatic N) is 3. The highest BCUT2D eigenvalue weighted by Crippen LogP contribution is 2.37. The van der Waals surface area contributed by atoms with Gasteiger partial charge in [0.15, 0.2) is 0 Å². The quantitative estimate of drug-likeness (QED) is 0.254. The van der Waals surface area contributed by atoms with Crippen LogP contribution in [0.3, 0.4) is 0 Å². The molecule has 214 valence electrons. The Kier molecular flexibility index (Phi) is 9.13. The second kappa shape index (κ2) is 11.6. The molecule has 3 aromatic rings. The molecule has 1 aromatic heterocycles. The van der Waals surface area contributed by atoms with Crippen molar-refractivity contribution in [3.63, 3.8) is 0 Å². The van der Waals surface area contributed by atoms with Gasteiger partial charge in [-0.25, -0.2) is 13.1 Å². The number of rotatable bonds is 10. The zero-order valence-electron chi connectivity index (χ0n) is 21.5. The zero-order chi connectivity index (χ0) is 29.1. The van der Waals surface area contributed by atoms with Gasteiger partial charge in [0.2, 0.25) is 10.0 Å². The summed E-state index contributed by atoms with van der Waals surface area (Å²) in [5.74, 6) is 0. The first-order valence-electron chi connectivity index (χ1n) is 12.0. The van der Waals surface area contributed by atoms with Crippen LogP contribution in [0.2, 0.25) is 0 Å². The molecule has 0 aliphatic rings. The van der Waals surface area contributed by atoms with Gasteiger partial charge >= 0.3 is 12.4 Å². The van der Waals surface area contributed by atoms with Crippen LogP contribution < -0.4 is 10.0 Å². The molecule has 2 N–H and O–H groups in total. The molecule has 0 fully saturated rings. The van der Waals surface area contributed by atoms with Crippen LogP contribution in [-0.2, 0) is 34.3 Å². The molecule has 0 spiro atoms. The fraction of sp³-hybridized carbons (Fsp3) is 0.440. The summed E-state index contributed by atoms with van der Waals surface area (Å²) in [6.07, 6.45) is -7.87. The molecule has 2 aromatic carbocycles. The van der Waals surface area contributed by atoms with Crippen LogP contribution in [0.15, 0.2) is 53.6 Å². The van der Waals surface area contributed by atoms with Gasteiger partial charge in [-0.15, -0.1) is 5.10 Å². The number of aryl methyl sites for hydroxylation is 1. The van der Waals surface area contributed by atoms with Gasteiger partial charge in [0.25, 0.3) is 0 Å². The van der Waals surface area contributed by atoms with Gasteiger partial charge in [0.05, 0.1) is 22.2 Å². The Morgan fingerprint density at radius 2 is 1.41 bits per heavy atom. The van der Waals surface area contributed by atoms with Crippen molar-refractivity contribution in [2.24, 2.45) is 0 Å². The number of sulfonamides is 1. The minimum absolute atomic E-state index is 0.0394. The van der Waals surface area contributed by atoms with E-state index in [-0.39, 0.29) is 36.7 Å². The van der Waals surface area contributed by atoms with E-state index in [1.807, 2.05) is 23.1 Å². The smallest absolute Gasteiger partial charge is 0.315 e. The number of alkyl halides is 6. The number of hydrogen-bond donors (Lipinski definition) is 2. The molecule has 0 aliphatic heterocycles. The second-order valence-electron chi connectivity index (χ2n) is 9.94. The fourth-order valence-corrected chi connectivity index (χ4v) is 4.71. The van der Waals surface area contributed by atoms with Crippen molar-refractivity contribution in [2.45, 2.75) is 56.4 Å². The van der Waals surface area contributed by atoms with E-state index >= 15 is 0 Å². The highest BCUT2D eigenvalue weighted by molar-refractivity contribution is 7.89. The van der Waals surface area contributed by atoms with E-state index in [0.717, 1.165) is 11.3 Å². The van der Waals surface area contributed by atoms with Crippen molar-refractivity contribution in [1.82, 2.24) is 25.0 Å². The van der Waals surface area contributed by atoms with Crippen molar-refractivity contribution in [3.05, 3.63) is 65.4 Å². The molecule has 1 heterocycles. The molecule has 0 bridgehead atoms. The van der Waals surface area contributed by atoms with Crippen LogP contribution in [0.5, 0.6) is 0 Å². The summed E-state index contributed by atoms with van der Waals surface area (Å²) >= 11 is 0. The average molecular weight is 578 g/mol. The molecule has 0 unspecified atom stereocenters. The first-order valence-corrected chi connectivity index (χ1v) is 13.5. The van der Waals surface area contributed by atoms with E-state index in [2.05, 4.69) is 48.5 Å². The summed E-state index contributed by atoms with van der Waals surface area (Å²) < 4.78 is 106. The van der Waals surface area contributed by atoms with Crippen molar-refractivity contribution in [1.29, 1.82) is 0 Å². The molecule has 0 radical (unpaired) electrons. The van der Waals surface area contributed by atoms with E-state index < -0.39 is 38.4 Å². The predicted octanol–water partition coefficient (Wildman–Crippen LogP) is 5.24. The molecule has 0 saturated heterocycles. The molecule has 0 aliphatic carbocycles. The van der Waals surface area contributed by atoms with Gasteiger partial charge in [-0.2, -0.15) is 26.3 Å². The van der Waals surface area contributed by atoms with Gasteiger partial charge in [-0.3, -0.25) is 4.68 Å². The summed E-state index contributed by atoms with van der Waals surface area (Å²) in [5.41, 5.74) is -0.502. The number of nitrogens with one attached hydrogen (secondary N) is 2. The molecule has 0 atom stereocenters. The SMILES string of the molecule is CC(C)(C)c1ccc(-c2cn(CCCNCCNS(=O)(=O)c3cc(C(F)(F)F)cc(C(F)(F)F)c3)nn2)cc1. The average Bonchev–Trinajstić information content (AvgIpc) is 3.30. The highest BCUT2D eigenvalue weighted by Gasteiger charge is 2.38. The van der Waals surface area contributed by atoms with E-state index in [1.165, 1.54) is 5.56 Å². The van der Waals surface area contributed by atoms with Crippen molar-refractivity contribution in [2.75, 3.05) is 19.6 Å². The summed E-state index contributed by atoms with van der Waals surface area (Å²) in [6, 6.07) is 8.30. The Labute approximate surface area is 222 Å². The molecule has 7 nitrogen and oxygen atoms in total. The van der Waals surface area contributed by atoms with E-state index in [9.17, 15) is 34.8 Å². The minimum atomic E-state index is -5.14. The first kappa shape index (κ1) is 30.6. The molecule has 39 heavy (non-hydrogen) atoms. The maximum Gasteiger partial charge on any atom is 0.416 e. The van der Waals surface area contributed by atoms with Crippen LogP contribution in [0.1, 0.15) is 43.9 Å². The Balaban J connectivity index is 1.47. The lowest BCUT2D eigenvalue weighted by atomic mass is 9.86. The third-order valence-electron chi connectivity index (χ3n) is 5.79. The van der Waals surface area contributed by atoms with Gasteiger partial charge in [0.1, 0.15) is 5.69 Å². The van der Waals surface area contributed by atoms with Crippen molar-refractivity contribution < 1.29 is 34.8 Å². The minimum Gasteiger partial charge on any atom is -0.315 e. The van der Waals surface area contributed by atoms with Crippen LogP contribution in [0.4, 0.5) is 26.3 Å². The first-order chi connectivity index (χ1) is 18.0. The number of benzene rings is 2. The Bertz CT molecular complexity index is 1330. The molecule has 3 rings (SSSR count). The van der Waals surface area contributed by atoms with Gasteiger partial charge in [-0.05, 0) is 42.1 Å². The van der Waals surface area contributed by atoms with Gasteiger partial charge in [-0.1, -0.05) is 50.3 Å². The Morgan fingerprint density at radius 3 is 1.95 bits per heavy atom. The number of halogens is 6. The molecule has 14 heteroatoms. The summed E-state index contributed by atoms with van der Waals surface area (Å²) in [6.45, 7) is 7.24. The standard InChI is InChI=1S/C25H29F6N5O2S/c1-23(2,3)18-7-5-17(6-8-18)22-16-36(35-34-22)12-4-9-32-10-11-33-39(37,38)21-14-19(24(26,27)28)13-20(15-21)25(29,30)31/h5-8,13-16,32-33H,4,9-12H2,1-3H3. The molecule has 0 saturated carbocycles. The highest BCUT2D eigenvalue weighted by atomic mass is 32.2. The lowest BCUT2D eigenvalue weighted by Crippen LogP contribution is -2.32. The zero-order valence-corrected chi connectivity index (χ0v) is 22.3. The third-order valence-corrected chi connectivity index (χ3v) is 7.23. The van der Waals surface area contributed by atoms with Crippen LogP contribution in [0, 0.1) is 0 Å². The summed E-state index contributed by atoms with van der Waals surface area (Å²) in [4.78, 5) is -1.11. The fourth-order valence-electron chi connectivity index (χ4n) is 3.61. The second-order valence-corrected chi connectivity index (χ2v) is 11.7. The van der Waals surface area contributed by atoms with Crippen LogP contribution >= 0.6 is 0 Å². The monoisotopic (exact) mass is 577 g/mol. The van der Waals surface area contributed by atoms with Crippen molar-refractivity contribution in [3.8, 4) is 11.3 Å². The number of hydrogen-bond acceptors (Lipinski definition) is 5. The van der Waals surface area contributed by atoms with Gasteiger partial charge in [0, 0.05) is 25.2 Å². The van der Waals surface area contributed by atoms with Crippen LogP contribution in [0.25, 0.3) is 11.3 Å². The number of aromatic nitrogens is 3. The van der Waals surface area contributed by atoms with Gasteiger partial charge < -0.3 is 5.32 Å². The molecular formula is C25H29F6N5O2S. The van der Waals surface area contributed by atoms with Crippen molar-refractivity contribution >= 4 is 10.0 Å². The molecular weight excluding hydrogens is 548 g/mol. The van der Waals surface area contributed by atoms with E-state index in [4.69, 9.17) is 0 Å². The topological polar surface area (TPSA) is 88.9 Å². The Hall–Kier alpha value is -2.97. The summed E-state index contributed by atoms with van der Waals surface area (Å²) in [5, 5.41) is 11.2. The maximum absolute atomic E-state index is 13.0. The summed E-state index contributed by atoms with van der Waals surface area (Å²) in [7, 11) is -4.61. The van der Waals surface area contributed by atoms with Crippen LogP contribution in [-0.4, -0.2) is 43.0 Å². The normalized spacial score (nSPS) is 13.2. The Morgan fingerprint density at radius 1 is 0.821 bits per heavy atom. The maximum atomic E-state index is 13.0. The van der Waals surface area contributed by atoms with E-state index in [1.54, 1.807) is 4.68 Å². The third kappa shape index (κ3) is 8.51. The van der Waals surface area contributed by atoms with E-state index in [0.29, 0.717) is 19.5 Å². The molecule has 0 amide bonds. The largest absolute Gasteiger partial charge is 0.416 e. The lowest BCUT2D eigenvalue weighted by Gasteiger charge is -2.18. The predicted molar refractivity (Wildman–Crippen MR) is 133 cm³/mol. The lowest BCUT2D eigenvalue weighted by molar-refractivity contribution is -0.143.